The van der Waals surface area contributed by atoms with Crippen molar-refractivity contribution in [3.63, 3.8) is 0 Å². The Balaban J connectivity index is 1.76. The van der Waals surface area contributed by atoms with Crippen molar-refractivity contribution in [1.82, 2.24) is 15.0 Å². The van der Waals surface area contributed by atoms with Gasteiger partial charge in [0, 0.05) is 0 Å². The predicted octanol–water partition coefficient (Wildman–Crippen LogP) is 8.43. The van der Waals surface area contributed by atoms with Crippen molar-refractivity contribution in [2.45, 2.75) is 77.6 Å². The summed E-state index contributed by atoms with van der Waals surface area (Å²) in [6.07, 6.45) is 10.8. The number of rotatable bonds is 12. The molecule has 0 aliphatic heterocycles. The van der Waals surface area contributed by atoms with Crippen LogP contribution in [0.15, 0.2) is 66.7 Å². The molecule has 4 heteroatoms. The second kappa shape index (κ2) is 11.8. The molecule has 0 saturated carbocycles. The topological polar surface area (TPSA) is 50.9 Å². The number of phenolic OH excluding ortho intramolecular Hbond substituents is 1. The van der Waals surface area contributed by atoms with Gasteiger partial charge >= 0.3 is 0 Å². The van der Waals surface area contributed by atoms with Gasteiger partial charge in [-0.05, 0) is 59.7 Å². The highest BCUT2D eigenvalue weighted by Gasteiger charge is 2.21. The lowest BCUT2D eigenvalue weighted by Crippen LogP contribution is -2.06. The highest BCUT2D eigenvalue weighted by Crippen LogP contribution is 2.40. The maximum atomic E-state index is 11.5. The molecule has 0 spiro atoms. The summed E-state index contributed by atoms with van der Waals surface area (Å²) in [5, 5.41) is 20.9. The molecule has 178 valence electrons. The van der Waals surface area contributed by atoms with Crippen LogP contribution in [0.3, 0.4) is 0 Å². The van der Waals surface area contributed by atoms with Gasteiger partial charge < -0.3 is 5.11 Å². The van der Waals surface area contributed by atoms with Gasteiger partial charge in [-0.25, -0.2) is 0 Å². The van der Waals surface area contributed by atoms with Crippen LogP contribution in [-0.2, 0) is 0 Å². The molecule has 0 amide bonds. The summed E-state index contributed by atoms with van der Waals surface area (Å²) < 4.78 is 0. The molecule has 0 radical (unpaired) electrons. The van der Waals surface area contributed by atoms with E-state index in [9.17, 15) is 5.11 Å². The molecule has 4 nitrogen and oxygen atoms in total. The molecule has 3 aromatic carbocycles. The van der Waals surface area contributed by atoms with Crippen LogP contribution in [0.1, 0.15) is 83.1 Å². The van der Waals surface area contributed by atoms with Gasteiger partial charge in [-0.15, -0.1) is 15.0 Å². The number of hydrogen-bond acceptors (Lipinski definition) is 3. The van der Waals surface area contributed by atoms with Gasteiger partial charge in [0.05, 0.1) is 0 Å². The van der Waals surface area contributed by atoms with Crippen LogP contribution in [0.2, 0.25) is 0 Å². The molecule has 4 aromatic rings. The number of aromatic hydroxyl groups is 1. The molecular weight excluding hydrogens is 418 g/mol. The maximum absolute atomic E-state index is 11.5. The van der Waals surface area contributed by atoms with Crippen LogP contribution in [0.25, 0.3) is 27.8 Å². The first kappa shape index (κ1) is 24.0. The molecule has 1 N–H and O–H groups in total. The van der Waals surface area contributed by atoms with Gasteiger partial charge in [0.2, 0.25) is 0 Å². The first-order valence-electron chi connectivity index (χ1n) is 13.0. The Bertz CT molecular complexity index is 1150. The highest BCUT2D eigenvalue weighted by atomic mass is 16.3. The van der Waals surface area contributed by atoms with E-state index < -0.39 is 0 Å². The molecule has 1 atom stereocenters. The molecule has 0 aliphatic rings. The van der Waals surface area contributed by atoms with Crippen molar-refractivity contribution in [3.05, 3.63) is 72.3 Å². The van der Waals surface area contributed by atoms with Gasteiger partial charge in [0.15, 0.2) is 0 Å². The quantitative estimate of drug-likeness (QED) is 0.218. The normalized spacial score (nSPS) is 12.3. The zero-order valence-corrected chi connectivity index (χ0v) is 20.6. The number of hydrogen-bond donors (Lipinski definition) is 1. The Morgan fingerprint density at radius 1 is 0.706 bits per heavy atom. The molecule has 34 heavy (non-hydrogen) atoms. The molecule has 4 rings (SSSR count). The first-order valence-corrected chi connectivity index (χ1v) is 13.0. The zero-order chi connectivity index (χ0) is 23.8. The minimum Gasteiger partial charge on any atom is -0.505 e. The number of benzene rings is 3. The van der Waals surface area contributed by atoms with Crippen LogP contribution in [0.5, 0.6) is 5.75 Å². The van der Waals surface area contributed by atoms with E-state index in [4.69, 9.17) is 0 Å². The molecular formula is C30H37N3O. The van der Waals surface area contributed by atoms with Gasteiger partial charge in [0.1, 0.15) is 22.5 Å². The summed E-state index contributed by atoms with van der Waals surface area (Å²) >= 11 is 0. The molecule has 0 fully saturated rings. The number of phenols is 1. The second-order valence-electron chi connectivity index (χ2n) is 9.32. The van der Waals surface area contributed by atoms with Crippen molar-refractivity contribution >= 4 is 11.0 Å². The van der Waals surface area contributed by atoms with Gasteiger partial charge in [-0.3, -0.25) is 0 Å². The summed E-state index contributed by atoms with van der Waals surface area (Å²) in [4.78, 5) is 1.61. The Morgan fingerprint density at radius 2 is 1.32 bits per heavy atom. The smallest absolute Gasteiger partial charge is 0.146 e. The van der Waals surface area contributed by atoms with Crippen molar-refractivity contribution in [2.24, 2.45) is 0 Å². The highest BCUT2D eigenvalue weighted by molar-refractivity contribution is 5.75. The second-order valence-corrected chi connectivity index (χ2v) is 9.32. The average molecular weight is 456 g/mol. The Hall–Kier alpha value is -3.14. The summed E-state index contributed by atoms with van der Waals surface area (Å²) in [5.41, 5.74) is 5.57. The van der Waals surface area contributed by atoms with Crippen LogP contribution in [0, 0.1) is 0 Å². The van der Waals surface area contributed by atoms with Gasteiger partial charge in [0.25, 0.3) is 0 Å². The maximum Gasteiger partial charge on any atom is 0.146 e. The first-order chi connectivity index (χ1) is 16.7. The van der Waals surface area contributed by atoms with E-state index in [0.717, 1.165) is 53.4 Å². The molecule has 0 aliphatic carbocycles. The van der Waals surface area contributed by atoms with Crippen molar-refractivity contribution in [2.75, 3.05) is 0 Å². The molecule has 1 unspecified atom stereocenters. The zero-order valence-electron chi connectivity index (χ0n) is 20.6. The number of fused-ring (bicyclic) bond motifs is 1. The van der Waals surface area contributed by atoms with E-state index in [1.54, 1.807) is 4.80 Å². The molecule has 1 aromatic heterocycles. The molecule has 0 bridgehead atoms. The fourth-order valence-corrected chi connectivity index (χ4v) is 4.77. The fraction of sp³-hybridized carbons (Fsp3) is 0.400. The monoisotopic (exact) mass is 455 g/mol. The molecule has 0 saturated heterocycles. The minimum atomic E-state index is 0.314. The largest absolute Gasteiger partial charge is 0.505 e. The van der Waals surface area contributed by atoms with E-state index in [2.05, 4.69) is 54.4 Å². The minimum absolute atomic E-state index is 0.314. The third-order valence-corrected chi connectivity index (χ3v) is 6.73. The Kier molecular flexibility index (Phi) is 8.35. The van der Waals surface area contributed by atoms with Crippen LogP contribution < -0.4 is 0 Å². The third-order valence-electron chi connectivity index (χ3n) is 6.73. The average Bonchev–Trinajstić information content (AvgIpc) is 3.31. The van der Waals surface area contributed by atoms with E-state index in [1.165, 1.54) is 32.1 Å². The Morgan fingerprint density at radius 3 is 2.00 bits per heavy atom. The van der Waals surface area contributed by atoms with E-state index >= 15 is 0 Å². The number of nitrogens with zero attached hydrogens (tertiary/aromatic N) is 3. The SMILES string of the molecule is CCCCCCCC(CCCC)c1cc(-c2ccccc2)cc(-n2nc3ccccc3n2)c1O. The van der Waals surface area contributed by atoms with E-state index in [-0.39, 0.29) is 0 Å². The van der Waals surface area contributed by atoms with Gasteiger partial charge in [-0.2, -0.15) is 0 Å². The summed E-state index contributed by atoms with van der Waals surface area (Å²) in [7, 11) is 0. The predicted molar refractivity (Wildman–Crippen MR) is 142 cm³/mol. The number of unbranched alkanes of at least 4 members (excludes halogenated alkanes) is 5. The van der Waals surface area contributed by atoms with Crippen molar-refractivity contribution < 1.29 is 5.11 Å². The number of aromatic nitrogens is 3. The van der Waals surface area contributed by atoms with Gasteiger partial charge in [-0.1, -0.05) is 101 Å². The van der Waals surface area contributed by atoms with E-state index in [0.29, 0.717) is 17.4 Å². The lowest BCUT2D eigenvalue weighted by molar-refractivity contribution is 0.437. The Labute approximate surface area is 203 Å². The van der Waals surface area contributed by atoms with Crippen LogP contribution in [0.4, 0.5) is 0 Å². The summed E-state index contributed by atoms with van der Waals surface area (Å²) in [6.45, 7) is 4.49. The summed E-state index contributed by atoms with van der Waals surface area (Å²) in [5.74, 6) is 0.642. The standard InChI is InChI=1S/C30H37N3O/c1-3-5-7-8-10-18-24(15-6-4-2)26-21-25(23-16-11-9-12-17-23)22-29(30(26)34)33-31-27-19-13-14-20-28(27)32-33/h9,11-14,16-17,19-22,24,34H,3-8,10,15,18H2,1-2H3. The fourth-order valence-electron chi connectivity index (χ4n) is 4.77. The molecule has 1 heterocycles. The van der Waals surface area contributed by atoms with Crippen molar-refractivity contribution in [3.8, 4) is 22.6 Å². The third kappa shape index (κ3) is 5.67. The van der Waals surface area contributed by atoms with Crippen LogP contribution >= 0.6 is 0 Å². The van der Waals surface area contributed by atoms with Crippen LogP contribution in [-0.4, -0.2) is 20.1 Å². The lowest BCUT2D eigenvalue weighted by atomic mass is 9.86. The van der Waals surface area contributed by atoms with Crippen molar-refractivity contribution in [1.29, 1.82) is 0 Å². The lowest BCUT2D eigenvalue weighted by Gasteiger charge is -2.21. The summed E-state index contributed by atoms with van der Waals surface area (Å²) in [6, 6.07) is 22.5. The van der Waals surface area contributed by atoms with E-state index in [1.807, 2.05) is 36.4 Å².